The zero-order valence-corrected chi connectivity index (χ0v) is 20.4. The largest absolute Gasteiger partial charge is 0.496 e. The summed E-state index contributed by atoms with van der Waals surface area (Å²) in [6, 6.07) is 6.60. The lowest BCUT2D eigenvalue weighted by atomic mass is 10.00. The molecule has 4 aromatic rings. The number of aliphatic hydroxyl groups is 1. The van der Waals surface area contributed by atoms with Gasteiger partial charge in [0.25, 0.3) is 0 Å². The molecule has 1 aliphatic rings. The fourth-order valence-electron chi connectivity index (χ4n) is 4.96. The number of rotatable bonds is 7. The summed E-state index contributed by atoms with van der Waals surface area (Å²) in [4.78, 5) is 23.8. The Bertz CT molecular complexity index is 1490. The van der Waals surface area contributed by atoms with Crippen LogP contribution in [-0.2, 0) is 13.5 Å². The normalized spacial score (nSPS) is 17.5. The average molecular weight is 509 g/mol. The monoisotopic (exact) mass is 508 g/mol. The van der Waals surface area contributed by atoms with E-state index in [0.717, 1.165) is 0 Å². The van der Waals surface area contributed by atoms with E-state index in [1.807, 2.05) is 4.90 Å². The number of aliphatic hydroxyl groups excluding tert-OH is 1. The zero-order chi connectivity index (χ0) is 26.3. The van der Waals surface area contributed by atoms with Crippen LogP contribution in [0.5, 0.6) is 5.75 Å². The summed E-state index contributed by atoms with van der Waals surface area (Å²) < 4.78 is 36.4. The molecule has 2 aromatic heterocycles. The number of ketones is 1. The number of ether oxygens (including phenoxy) is 1. The van der Waals surface area contributed by atoms with Crippen LogP contribution in [0, 0.1) is 11.6 Å². The Labute approximate surface area is 211 Å². The minimum Gasteiger partial charge on any atom is -0.496 e. The van der Waals surface area contributed by atoms with E-state index in [-0.39, 0.29) is 53.5 Å². The Morgan fingerprint density at radius 1 is 1.27 bits per heavy atom. The molecule has 2 aromatic carbocycles. The first kappa shape index (κ1) is 24.7. The highest BCUT2D eigenvalue weighted by molar-refractivity contribution is 6.00. The number of hydrogen-bond acceptors (Lipinski definition) is 8. The van der Waals surface area contributed by atoms with Crippen molar-refractivity contribution in [3.8, 4) is 17.1 Å². The maximum absolute atomic E-state index is 15.1. The van der Waals surface area contributed by atoms with E-state index in [1.165, 1.54) is 42.3 Å². The van der Waals surface area contributed by atoms with Gasteiger partial charge in [0.15, 0.2) is 17.4 Å². The molecule has 192 valence electrons. The van der Waals surface area contributed by atoms with E-state index in [4.69, 9.17) is 10.5 Å². The number of nitrogens with zero attached hydrogens (tertiary/aromatic N) is 5. The first-order valence-corrected chi connectivity index (χ1v) is 11.8. The molecule has 0 saturated carbocycles. The summed E-state index contributed by atoms with van der Waals surface area (Å²) in [5.74, 6) is -1.33. The van der Waals surface area contributed by atoms with Crippen LogP contribution in [-0.4, -0.2) is 63.0 Å². The molecule has 9 nitrogen and oxygen atoms in total. The number of aryl methyl sites for hydroxylation is 1. The van der Waals surface area contributed by atoms with Gasteiger partial charge in [0.05, 0.1) is 31.0 Å². The number of halogens is 2. The number of Topliss-reactive ketones (excluding diaryl/α,β-unsaturated/α-hetero) is 1. The van der Waals surface area contributed by atoms with Crippen LogP contribution >= 0.6 is 0 Å². The quantitative estimate of drug-likeness (QED) is 0.366. The molecule has 0 amide bonds. The molecule has 0 bridgehead atoms. The van der Waals surface area contributed by atoms with Crippen LogP contribution in [0.15, 0.2) is 42.7 Å². The number of nitrogens with two attached hydrogens (primary N) is 1. The predicted molar refractivity (Wildman–Crippen MR) is 133 cm³/mol. The van der Waals surface area contributed by atoms with E-state index < -0.39 is 17.4 Å². The lowest BCUT2D eigenvalue weighted by molar-refractivity contribution is 0.0988. The van der Waals surface area contributed by atoms with Crippen molar-refractivity contribution in [2.24, 2.45) is 12.8 Å². The van der Waals surface area contributed by atoms with Crippen LogP contribution in [0.2, 0.25) is 0 Å². The van der Waals surface area contributed by atoms with Crippen molar-refractivity contribution in [2.75, 3.05) is 25.2 Å². The smallest absolute Gasteiger partial charge is 0.185 e. The summed E-state index contributed by atoms with van der Waals surface area (Å²) in [6.45, 7) is 0.298. The second kappa shape index (κ2) is 9.83. The topological polar surface area (TPSA) is 119 Å². The number of fused-ring (bicyclic) bond motifs is 1. The van der Waals surface area contributed by atoms with Crippen molar-refractivity contribution < 1.29 is 23.4 Å². The van der Waals surface area contributed by atoms with Crippen LogP contribution < -0.4 is 15.4 Å². The Hall–Kier alpha value is -3.96. The molecule has 5 rings (SSSR count). The van der Waals surface area contributed by atoms with E-state index in [0.29, 0.717) is 29.6 Å². The van der Waals surface area contributed by atoms with Gasteiger partial charge in [-0.3, -0.25) is 9.48 Å². The molecule has 0 aliphatic carbocycles. The summed E-state index contributed by atoms with van der Waals surface area (Å²) >= 11 is 0. The van der Waals surface area contributed by atoms with Crippen molar-refractivity contribution in [2.45, 2.75) is 24.9 Å². The molecule has 37 heavy (non-hydrogen) atoms. The molecule has 1 saturated heterocycles. The molecule has 1 fully saturated rings. The third kappa shape index (κ3) is 4.51. The molecule has 3 N–H and O–H groups in total. The van der Waals surface area contributed by atoms with Gasteiger partial charge in [-0.2, -0.15) is 5.10 Å². The van der Waals surface area contributed by atoms with Crippen molar-refractivity contribution in [3.05, 3.63) is 65.6 Å². The number of methoxy groups -OCH3 is 1. The number of carbonyl (C=O) groups excluding carboxylic acids is 1. The molecular weight excluding hydrogens is 482 g/mol. The Morgan fingerprint density at radius 3 is 2.84 bits per heavy atom. The summed E-state index contributed by atoms with van der Waals surface area (Å²) in [7, 11) is 3.09. The van der Waals surface area contributed by atoms with Gasteiger partial charge in [-0.1, -0.05) is 6.07 Å². The van der Waals surface area contributed by atoms with Gasteiger partial charge in [-0.15, -0.1) is 0 Å². The Morgan fingerprint density at radius 2 is 2.08 bits per heavy atom. The third-order valence-corrected chi connectivity index (χ3v) is 6.57. The number of aromatic nitrogens is 4. The van der Waals surface area contributed by atoms with Crippen LogP contribution in [0.1, 0.15) is 22.5 Å². The highest BCUT2D eigenvalue weighted by Gasteiger charge is 2.33. The highest BCUT2D eigenvalue weighted by Crippen LogP contribution is 2.37. The van der Waals surface area contributed by atoms with Crippen molar-refractivity contribution in [3.63, 3.8) is 0 Å². The van der Waals surface area contributed by atoms with Gasteiger partial charge < -0.3 is 20.5 Å². The Balaban J connectivity index is 1.57. The lowest BCUT2D eigenvalue weighted by Gasteiger charge is -2.28. The van der Waals surface area contributed by atoms with Gasteiger partial charge in [0, 0.05) is 43.8 Å². The average Bonchev–Trinajstić information content (AvgIpc) is 3.46. The first-order valence-electron chi connectivity index (χ1n) is 11.8. The molecule has 0 radical (unpaired) electrons. The van der Waals surface area contributed by atoms with Gasteiger partial charge in [0.2, 0.25) is 0 Å². The van der Waals surface area contributed by atoms with Gasteiger partial charge in [0.1, 0.15) is 22.8 Å². The van der Waals surface area contributed by atoms with Crippen molar-refractivity contribution in [1.82, 2.24) is 19.7 Å². The fourth-order valence-corrected chi connectivity index (χ4v) is 4.96. The predicted octanol–water partition coefficient (Wildman–Crippen LogP) is 2.64. The standard InChI is InChI=1S/C26H26F2N6O3/c1-33-12-17-24(32-33)19(28)8-14(25(17)34-11-15(29)10-16(34)13-35)9-21(36)20-6-7-30-26(31-20)23-18(27)4-3-5-22(23)37-2/h3-8,12,15-16,35H,9-11,13,29H2,1-2H3/t15-,16-/m0/s1. The number of carbonyl (C=O) groups is 1. The second-order valence-electron chi connectivity index (χ2n) is 9.10. The lowest BCUT2D eigenvalue weighted by Crippen LogP contribution is -2.34. The zero-order valence-electron chi connectivity index (χ0n) is 20.4. The minimum atomic E-state index is -0.587. The molecule has 3 heterocycles. The van der Waals surface area contributed by atoms with Gasteiger partial charge in [-0.25, -0.2) is 18.7 Å². The summed E-state index contributed by atoms with van der Waals surface area (Å²) in [6.07, 6.45) is 3.43. The molecule has 11 heteroatoms. The van der Waals surface area contributed by atoms with Crippen LogP contribution in [0.25, 0.3) is 22.3 Å². The second-order valence-corrected chi connectivity index (χ2v) is 9.10. The minimum absolute atomic E-state index is 0.000719. The molecule has 1 aliphatic heterocycles. The van der Waals surface area contributed by atoms with Crippen molar-refractivity contribution in [1.29, 1.82) is 0 Å². The fraction of sp³-hybridized carbons (Fsp3) is 0.308. The maximum Gasteiger partial charge on any atom is 0.185 e. The van der Waals surface area contributed by atoms with E-state index >= 15 is 4.39 Å². The summed E-state index contributed by atoms with van der Waals surface area (Å²) in [5.41, 5.74) is 7.46. The number of hydrogen-bond donors (Lipinski definition) is 2. The highest BCUT2D eigenvalue weighted by atomic mass is 19.1. The van der Waals surface area contributed by atoms with Gasteiger partial charge >= 0.3 is 0 Å². The Kier molecular flexibility index (Phi) is 6.57. The van der Waals surface area contributed by atoms with E-state index in [9.17, 15) is 14.3 Å². The van der Waals surface area contributed by atoms with Crippen LogP contribution in [0.3, 0.4) is 0 Å². The number of benzene rings is 2. The van der Waals surface area contributed by atoms with Crippen LogP contribution in [0.4, 0.5) is 14.5 Å². The van der Waals surface area contributed by atoms with E-state index in [2.05, 4.69) is 15.1 Å². The van der Waals surface area contributed by atoms with Crippen molar-refractivity contribution >= 4 is 22.4 Å². The molecule has 0 unspecified atom stereocenters. The molecule has 0 spiro atoms. The SMILES string of the molecule is COc1cccc(F)c1-c1nccc(C(=O)Cc2cc(F)c3nn(C)cc3c2N2C[C@@H](N)C[C@H]2CO)n1. The van der Waals surface area contributed by atoms with Gasteiger partial charge in [-0.05, 0) is 36.2 Å². The van der Waals surface area contributed by atoms with E-state index in [1.54, 1.807) is 19.3 Å². The first-order chi connectivity index (χ1) is 17.8. The third-order valence-electron chi connectivity index (χ3n) is 6.57. The molecule has 2 atom stereocenters. The molecular formula is C26H26F2N6O3. The maximum atomic E-state index is 15.1. The number of anilines is 1. The summed E-state index contributed by atoms with van der Waals surface area (Å²) in [5, 5.41) is 14.7.